The Kier molecular flexibility index (Phi) is 5.29. The molecule has 0 unspecified atom stereocenters. The summed E-state index contributed by atoms with van der Waals surface area (Å²) in [5.41, 5.74) is 0. The monoisotopic (exact) mass is 274 g/mol. The van der Waals surface area contributed by atoms with Crippen LogP contribution in [-0.2, 0) is 10.0 Å². The second kappa shape index (κ2) is 6.50. The molecule has 0 bridgehead atoms. The highest BCUT2D eigenvalue weighted by Gasteiger charge is 2.08. The van der Waals surface area contributed by atoms with Crippen molar-refractivity contribution in [3.63, 3.8) is 0 Å². The van der Waals surface area contributed by atoms with Gasteiger partial charge in [-0.3, -0.25) is 0 Å². The summed E-state index contributed by atoms with van der Waals surface area (Å²) in [4.78, 5) is 8.16. The topological polar surface area (TPSA) is 93.2 Å². The minimum Gasteiger partial charge on any atom is -0.481 e. The van der Waals surface area contributed by atoms with Crippen molar-refractivity contribution in [3.05, 3.63) is 11.9 Å². The van der Waals surface area contributed by atoms with Crippen LogP contribution in [0.15, 0.2) is 6.07 Å². The van der Waals surface area contributed by atoms with Crippen LogP contribution in [0.3, 0.4) is 0 Å². The van der Waals surface area contributed by atoms with Crippen LogP contribution in [0.4, 0.5) is 5.82 Å². The Hall–Kier alpha value is -1.41. The fourth-order valence-corrected chi connectivity index (χ4v) is 2.30. The van der Waals surface area contributed by atoms with Crippen molar-refractivity contribution < 1.29 is 13.2 Å². The third-order valence-corrected chi connectivity index (χ3v) is 3.53. The van der Waals surface area contributed by atoms with E-state index >= 15 is 0 Å². The van der Waals surface area contributed by atoms with Crippen LogP contribution in [0.25, 0.3) is 0 Å². The van der Waals surface area contributed by atoms with Crippen molar-refractivity contribution in [1.29, 1.82) is 0 Å². The lowest BCUT2D eigenvalue weighted by molar-refractivity contribution is 0.396. The fraction of sp³-hybridized carbons (Fsp3) is 0.600. The summed E-state index contributed by atoms with van der Waals surface area (Å²) in [6.07, 6.45) is 0. The first-order valence-electron chi connectivity index (χ1n) is 5.57. The van der Waals surface area contributed by atoms with Gasteiger partial charge in [-0.2, -0.15) is 4.98 Å². The van der Waals surface area contributed by atoms with E-state index in [9.17, 15) is 8.42 Å². The van der Waals surface area contributed by atoms with Crippen molar-refractivity contribution in [1.82, 2.24) is 14.7 Å². The largest absolute Gasteiger partial charge is 0.481 e. The molecule has 0 amide bonds. The molecule has 2 N–H and O–H groups in total. The number of methoxy groups -OCH3 is 1. The van der Waals surface area contributed by atoms with E-state index in [4.69, 9.17) is 4.74 Å². The number of nitrogens with one attached hydrogen (secondary N) is 2. The molecule has 0 saturated carbocycles. The number of aromatic nitrogens is 2. The summed E-state index contributed by atoms with van der Waals surface area (Å²) in [7, 11) is -1.70. The fourth-order valence-electron chi connectivity index (χ4n) is 1.34. The molecular weight excluding hydrogens is 256 g/mol. The van der Waals surface area contributed by atoms with E-state index in [1.54, 1.807) is 19.9 Å². The number of hydrogen-bond acceptors (Lipinski definition) is 6. The Balaban J connectivity index is 2.56. The predicted molar refractivity (Wildman–Crippen MR) is 69.3 cm³/mol. The lowest BCUT2D eigenvalue weighted by atomic mass is 10.5. The van der Waals surface area contributed by atoms with Crippen molar-refractivity contribution in [2.24, 2.45) is 0 Å². The van der Waals surface area contributed by atoms with Crippen LogP contribution in [-0.4, -0.2) is 44.3 Å². The van der Waals surface area contributed by atoms with E-state index in [0.717, 1.165) is 0 Å². The molecule has 1 aromatic heterocycles. The first kappa shape index (κ1) is 14.7. The molecule has 0 aliphatic rings. The minimum absolute atomic E-state index is 0.00773. The molecular formula is C10H18N4O3S. The molecule has 0 atom stereocenters. The van der Waals surface area contributed by atoms with Crippen molar-refractivity contribution in [3.8, 4) is 5.88 Å². The standard InChI is InChI=1S/C10H18N4O3S/c1-4-12-18(15,16)6-5-11-9-7-10(17-3)14-8(2)13-9/h7,12H,4-6H2,1-3H3,(H,11,13,14). The maximum atomic E-state index is 11.4. The zero-order valence-electron chi connectivity index (χ0n) is 10.7. The van der Waals surface area contributed by atoms with Gasteiger partial charge >= 0.3 is 0 Å². The summed E-state index contributed by atoms with van der Waals surface area (Å²) in [5, 5.41) is 2.92. The Morgan fingerprint density at radius 3 is 2.72 bits per heavy atom. The molecule has 0 aliphatic heterocycles. The first-order chi connectivity index (χ1) is 8.46. The average molecular weight is 274 g/mol. The number of rotatable bonds is 7. The molecule has 0 saturated heterocycles. The predicted octanol–water partition coefficient (Wildman–Crippen LogP) is 0.145. The van der Waals surface area contributed by atoms with E-state index in [1.165, 1.54) is 7.11 Å². The van der Waals surface area contributed by atoms with Crippen LogP contribution >= 0.6 is 0 Å². The number of nitrogens with zero attached hydrogens (tertiary/aromatic N) is 2. The van der Waals surface area contributed by atoms with E-state index in [0.29, 0.717) is 24.1 Å². The second-order valence-corrected chi connectivity index (χ2v) is 5.51. The van der Waals surface area contributed by atoms with Gasteiger partial charge in [0.25, 0.3) is 0 Å². The molecule has 1 heterocycles. The number of ether oxygens (including phenoxy) is 1. The van der Waals surface area contributed by atoms with E-state index < -0.39 is 10.0 Å². The Morgan fingerprint density at radius 1 is 1.39 bits per heavy atom. The van der Waals surface area contributed by atoms with Crippen molar-refractivity contribution >= 4 is 15.8 Å². The lowest BCUT2D eigenvalue weighted by Crippen LogP contribution is -2.29. The molecule has 1 aromatic rings. The van der Waals surface area contributed by atoms with E-state index in [-0.39, 0.29) is 12.3 Å². The van der Waals surface area contributed by atoms with Gasteiger partial charge in [-0.1, -0.05) is 6.92 Å². The Morgan fingerprint density at radius 2 is 2.11 bits per heavy atom. The lowest BCUT2D eigenvalue weighted by Gasteiger charge is -2.08. The van der Waals surface area contributed by atoms with Gasteiger partial charge in [-0.05, 0) is 6.92 Å². The highest BCUT2D eigenvalue weighted by molar-refractivity contribution is 7.89. The van der Waals surface area contributed by atoms with Gasteiger partial charge in [0.1, 0.15) is 11.6 Å². The third kappa shape index (κ3) is 4.84. The Labute approximate surface area is 107 Å². The van der Waals surface area contributed by atoms with Gasteiger partial charge in [-0.25, -0.2) is 18.1 Å². The summed E-state index contributed by atoms with van der Waals surface area (Å²) in [6.45, 7) is 4.14. The maximum Gasteiger partial charge on any atom is 0.218 e. The highest BCUT2D eigenvalue weighted by Crippen LogP contribution is 2.12. The van der Waals surface area contributed by atoms with E-state index in [1.807, 2.05) is 0 Å². The van der Waals surface area contributed by atoms with E-state index in [2.05, 4.69) is 20.0 Å². The molecule has 0 fully saturated rings. The van der Waals surface area contributed by atoms with Crippen LogP contribution in [0, 0.1) is 6.92 Å². The number of sulfonamides is 1. The molecule has 1 rings (SSSR count). The molecule has 0 aromatic carbocycles. The molecule has 0 radical (unpaired) electrons. The average Bonchev–Trinajstić information content (AvgIpc) is 2.27. The van der Waals surface area contributed by atoms with Crippen LogP contribution < -0.4 is 14.8 Å². The van der Waals surface area contributed by atoms with Gasteiger partial charge in [0.05, 0.1) is 12.9 Å². The quantitative estimate of drug-likeness (QED) is 0.735. The smallest absolute Gasteiger partial charge is 0.218 e. The van der Waals surface area contributed by atoms with Gasteiger partial charge in [0.2, 0.25) is 15.9 Å². The summed E-state index contributed by atoms with van der Waals surface area (Å²) in [6, 6.07) is 1.62. The van der Waals surface area contributed by atoms with Crippen LogP contribution in [0.1, 0.15) is 12.7 Å². The molecule has 0 aliphatic carbocycles. The van der Waals surface area contributed by atoms with Gasteiger partial charge in [-0.15, -0.1) is 0 Å². The Bertz CT molecular complexity index is 490. The van der Waals surface area contributed by atoms with Crippen molar-refractivity contribution in [2.75, 3.05) is 31.3 Å². The molecule has 0 spiro atoms. The summed E-state index contributed by atoms with van der Waals surface area (Å²) < 4.78 is 30.2. The highest BCUT2D eigenvalue weighted by atomic mass is 32.2. The second-order valence-electron chi connectivity index (χ2n) is 3.59. The van der Waals surface area contributed by atoms with Crippen LogP contribution in [0.2, 0.25) is 0 Å². The SMILES string of the molecule is CCNS(=O)(=O)CCNc1cc(OC)nc(C)n1. The number of hydrogen-bond donors (Lipinski definition) is 2. The normalized spacial score (nSPS) is 11.3. The first-order valence-corrected chi connectivity index (χ1v) is 7.23. The van der Waals surface area contributed by atoms with Gasteiger partial charge in [0.15, 0.2) is 0 Å². The maximum absolute atomic E-state index is 11.4. The van der Waals surface area contributed by atoms with Gasteiger partial charge < -0.3 is 10.1 Å². The van der Waals surface area contributed by atoms with Gasteiger partial charge in [0, 0.05) is 19.2 Å². The van der Waals surface area contributed by atoms with Crippen molar-refractivity contribution in [2.45, 2.75) is 13.8 Å². The molecule has 8 heteroatoms. The number of aryl methyl sites for hydroxylation is 1. The summed E-state index contributed by atoms with van der Waals surface area (Å²) in [5.74, 6) is 1.55. The minimum atomic E-state index is -3.21. The zero-order chi connectivity index (χ0) is 13.6. The third-order valence-electron chi connectivity index (χ3n) is 2.06. The molecule has 7 nitrogen and oxygen atoms in total. The summed E-state index contributed by atoms with van der Waals surface area (Å²) >= 11 is 0. The molecule has 18 heavy (non-hydrogen) atoms. The number of anilines is 1. The zero-order valence-corrected chi connectivity index (χ0v) is 11.5. The van der Waals surface area contributed by atoms with Crippen LogP contribution in [0.5, 0.6) is 5.88 Å². The molecule has 102 valence electrons.